The molecule has 0 radical (unpaired) electrons. The molecular weight excluding hydrogens is 263 g/mol. The molecule has 0 bridgehead atoms. The molecule has 1 saturated carbocycles. The third kappa shape index (κ3) is 6.23. The summed E-state index contributed by atoms with van der Waals surface area (Å²) in [5, 5.41) is 7.00. The Morgan fingerprint density at radius 1 is 1.00 bits per heavy atom. The molecule has 1 nitrogen and oxygen atoms in total. The highest BCUT2D eigenvalue weighted by atomic mass is 127. The van der Waals surface area contributed by atoms with Crippen LogP contribution in [0.25, 0.3) is 0 Å². The lowest BCUT2D eigenvalue weighted by Crippen LogP contribution is -2.12. The Balaban J connectivity index is 0. The molecule has 0 unspecified atom stereocenters. The van der Waals surface area contributed by atoms with Gasteiger partial charge in [0, 0.05) is 7.11 Å². The number of aliphatic hydroxyl groups is 1. The van der Waals surface area contributed by atoms with E-state index in [4.69, 9.17) is 5.11 Å². The molecule has 0 aromatic rings. The summed E-state index contributed by atoms with van der Waals surface area (Å²) in [5.74, 6) is 1.99. The van der Waals surface area contributed by atoms with E-state index < -0.39 is 0 Å². The van der Waals surface area contributed by atoms with Gasteiger partial charge in [0.05, 0.1) is 0 Å². The summed E-state index contributed by atoms with van der Waals surface area (Å²) in [4.78, 5) is 0. The third-order valence-corrected chi connectivity index (χ3v) is 2.59. The van der Waals surface area contributed by atoms with Crippen LogP contribution in [-0.2, 0) is 0 Å². The number of aliphatic hydroxyl groups excluding tert-OH is 1. The number of hydrogen-bond donors (Lipinski definition) is 1. The van der Waals surface area contributed by atoms with Crippen LogP contribution in [-0.4, -0.2) is 12.2 Å². The monoisotopic (exact) mass is 286 g/mol. The second-order valence-electron chi connectivity index (χ2n) is 3.64. The predicted octanol–water partition coefficient (Wildman–Crippen LogP) is 3.45. The SMILES string of the molecule is CC(C)C1CCCCC1.CO.I. The maximum atomic E-state index is 7.00. The summed E-state index contributed by atoms with van der Waals surface area (Å²) in [7, 11) is 1.00. The van der Waals surface area contributed by atoms with E-state index in [0.717, 1.165) is 18.9 Å². The summed E-state index contributed by atoms with van der Waals surface area (Å²) < 4.78 is 0. The molecule has 0 spiro atoms. The van der Waals surface area contributed by atoms with E-state index in [-0.39, 0.29) is 24.0 Å². The van der Waals surface area contributed by atoms with Crippen molar-refractivity contribution >= 4 is 24.0 Å². The first-order chi connectivity index (χ1) is 5.30. The summed E-state index contributed by atoms with van der Waals surface area (Å²) in [6.45, 7) is 4.71. The zero-order valence-corrected chi connectivity index (χ0v) is 10.9. The van der Waals surface area contributed by atoms with Crippen molar-refractivity contribution in [2.45, 2.75) is 46.0 Å². The van der Waals surface area contributed by atoms with E-state index in [1.165, 1.54) is 32.1 Å². The van der Waals surface area contributed by atoms with Crippen molar-refractivity contribution in [3.63, 3.8) is 0 Å². The number of halogens is 1. The quantitative estimate of drug-likeness (QED) is 0.732. The van der Waals surface area contributed by atoms with Crippen molar-refractivity contribution in [1.82, 2.24) is 0 Å². The number of hydrogen-bond acceptors (Lipinski definition) is 1. The molecule has 0 amide bonds. The van der Waals surface area contributed by atoms with Crippen LogP contribution in [0.2, 0.25) is 0 Å². The van der Waals surface area contributed by atoms with Crippen molar-refractivity contribution in [2.75, 3.05) is 7.11 Å². The minimum atomic E-state index is 0. The maximum Gasteiger partial charge on any atom is 0.0319 e. The van der Waals surface area contributed by atoms with Crippen LogP contribution in [0.15, 0.2) is 0 Å². The van der Waals surface area contributed by atoms with E-state index in [9.17, 15) is 0 Å². The first kappa shape index (κ1) is 15.2. The largest absolute Gasteiger partial charge is 0.400 e. The fourth-order valence-electron chi connectivity index (χ4n) is 1.80. The third-order valence-electron chi connectivity index (χ3n) is 2.59. The van der Waals surface area contributed by atoms with Gasteiger partial charge >= 0.3 is 0 Å². The van der Waals surface area contributed by atoms with Gasteiger partial charge in [0.2, 0.25) is 0 Å². The Bertz CT molecular complexity index is 77.9. The van der Waals surface area contributed by atoms with Crippen molar-refractivity contribution in [3.8, 4) is 0 Å². The lowest BCUT2D eigenvalue weighted by molar-refractivity contribution is 0.279. The average molecular weight is 286 g/mol. The molecule has 0 atom stereocenters. The lowest BCUT2D eigenvalue weighted by atomic mass is 9.82. The highest BCUT2D eigenvalue weighted by molar-refractivity contribution is 14.0. The molecule has 1 fully saturated rings. The Hall–Kier alpha value is 0.690. The zero-order chi connectivity index (χ0) is 8.69. The lowest BCUT2D eigenvalue weighted by Gasteiger charge is -2.24. The Morgan fingerprint density at radius 2 is 1.42 bits per heavy atom. The highest BCUT2D eigenvalue weighted by Crippen LogP contribution is 2.29. The predicted molar refractivity (Wildman–Crippen MR) is 65.0 cm³/mol. The number of rotatable bonds is 1. The zero-order valence-electron chi connectivity index (χ0n) is 8.55. The molecular formula is C10H23IO. The summed E-state index contributed by atoms with van der Waals surface area (Å²) in [5.41, 5.74) is 0. The summed E-state index contributed by atoms with van der Waals surface area (Å²) >= 11 is 0. The highest BCUT2D eigenvalue weighted by Gasteiger charge is 2.15. The second-order valence-corrected chi connectivity index (χ2v) is 3.64. The first-order valence-corrected chi connectivity index (χ1v) is 4.75. The van der Waals surface area contributed by atoms with Gasteiger partial charge in [-0.1, -0.05) is 46.0 Å². The van der Waals surface area contributed by atoms with E-state index in [1.54, 1.807) is 0 Å². The van der Waals surface area contributed by atoms with Crippen molar-refractivity contribution in [3.05, 3.63) is 0 Å². The smallest absolute Gasteiger partial charge is 0.0319 e. The molecule has 0 aromatic carbocycles. The van der Waals surface area contributed by atoms with Crippen molar-refractivity contribution in [1.29, 1.82) is 0 Å². The van der Waals surface area contributed by atoms with E-state index >= 15 is 0 Å². The van der Waals surface area contributed by atoms with Gasteiger partial charge in [0.15, 0.2) is 0 Å². The van der Waals surface area contributed by atoms with Crippen LogP contribution in [0, 0.1) is 11.8 Å². The average Bonchev–Trinajstić information content (AvgIpc) is 2.10. The van der Waals surface area contributed by atoms with E-state index in [2.05, 4.69) is 13.8 Å². The van der Waals surface area contributed by atoms with Gasteiger partial charge in [-0.15, -0.1) is 24.0 Å². The molecule has 76 valence electrons. The molecule has 0 aromatic heterocycles. The molecule has 2 heteroatoms. The van der Waals surface area contributed by atoms with Gasteiger partial charge in [0.25, 0.3) is 0 Å². The van der Waals surface area contributed by atoms with Crippen LogP contribution in [0.5, 0.6) is 0 Å². The van der Waals surface area contributed by atoms with Crippen molar-refractivity contribution < 1.29 is 5.11 Å². The summed E-state index contributed by atoms with van der Waals surface area (Å²) in [6, 6.07) is 0. The molecule has 12 heavy (non-hydrogen) atoms. The van der Waals surface area contributed by atoms with E-state index in [0.29, 0.717) is 0 Å². The molecule has 1 aliphatic carbocycles. The van der Waals surface area contributed by atoms with Crippen LogP contribution in [0.3, 0.4) is 0 Å². The minimum Gasteiger partial charge on any atom is -0.400 e. The minimum absolute atomic E-state index is 0. The van der Waals surface area contributed by atoms with Gasteiger partial charge in [-0.2, -0.15) is 0 Å². The Labute approximate surface area is 94.0 Å². The van der Waals surface area contributed by atoms with Gasteiger partial charge in [-0.25, -0.2) is 0 Å². The van der Waals surface area contributed by atoms with Crippen LogP contribution in [0.1, 0.15) is 46.0 Å². The second kappa shape index (κ2) is 9.78. The maximum absolute atomic E-state index is 7.00. The Morgan fingerprint density at radius 3 is 1.67 bits per heavy atom. The fraction of sp³-hybridized carbons (Fsp3) is 1.00. The van der Waals surface area contributed by atoms with Gasteiger partial charge < -0.3 is 5.11 Å². The van der Waals surface area contributed by atoms with Gasteiger partial charge in [-0.05, 0) is 11.8 Å². The molecule has 1 N–H and O–H groups in total. The molecule has 1 aliphatic rings. The standard InChI is InChI=1S/C9H18.CH4O.HI/c1-8(2)9-6-4-3-5-7-9;1-2;/h8-9H,3-7H2,1-2H3;2H,1H3;1H. The Kier molecular flexibility index (Phi) is 12.4. The molecule has 0 heterocycles. The van der Waals surface area contributed by atoms with Crippen LogP contribution >= 0.6 is 24.0 Å². The topological polar surface area (TPSA) is 20.2 Å². The first-order valence-electron chi connectivity index (χ1n) is 4.75. The molecule has 1 rings (SSSR count). The van der Waals surface area contributed by atoms with E-state index in [1.807, 2.05) is 0 Å². The molecule has 0 saturated heterocycles. The fourth-order valence-corrected chi connectivity index (χ4v) is 1.80. The summed E-state index contributed by atoms with van der Waals surface area (Å²) in [6.07, 6.45) is 7.46. The van der Waals surface area contributed by atoms with Crippen molar-refractivity contribution in [2.24, 2.45) is 11.8 Å². The van der Waals surface area contributed by atoms with Gasteiger partial charge in [0.1, 0.15) is 0 Å². The molecule has 0 aliphatic heterocycles. The van der Waals surface area contributed by atoms with Crippen LogP contribution in [0.4, 0.5) is 0 Å². The van der Waals surface area contributed by atoms with Gasteiger partial charge in [-0.3, -0.25) is 0 Å². The normalized spacial score (nSPS) is 17.8. The van der Waals surface area contributed by atoms with Crippen LogP contribution < -0.4 is 0 Å².